The van der Waals surface area contributed by atoms with Crippen LogP contribution in [0.2, 0.25) is 0 Å². The number of nitrogens with zero attached hydrogens (tertiary/aromatic N) is 2. The maximum absolute atomic E-state index is 4.26. The van der Waals surface area contributed by atoms with E-state index in [0.29, 0.717) is 0 Å². The average Bonchev–Trinajstić information content (AvgIpc) is 2.32. The number of benzene rings is 1. The molecule has 0 atom stereocenters. The van der Waals surface area contributed by atoms with Crippen molar-refractivity contribution in [1.29, 1.82) is 0 Å². The average molecular weight is 194 g/mol. The molecular weight excluding hydrogens is 184 g/mol. The monoisotopic (exact) mass is 194 g/mol. The molecule has 2 heteroatoms. The molecule has 0 fully saturated rings. The van der Waals surface area contributed by atoms with Crippen molar-refractivity contribution < 1.29 is 0 Å². The van der Waals surface area contributed by atoms with E-state index in [1.165, 1.54) is 0 Å². The molecule has 1 heterocycles. The number of rotatable bonds is 2. The van der Waals surface area contributed by atoms with Crippen molar-refractivity contribution in [2.45, 2.75) is 0 Å². The second kappa shape index (κ2) is 4.36. The van der Waals surface area contributed by atoms with Gasteiger partial charge in [-0.05, 0) is 6.08 Å². The Hall–Kier alpha value is -2.18. The molecule has 0 aliphatic rings. The molecule has 0 bridgehead atoms. The van der Waals surface area contributed by atoms with E-state index in [2.05, 4.69) is 22.3 Å². The lowest BCUT2D eigenvalue weighted by atomic mass is 10.2. The van der Waals surface area contributed by atoms with Gasteiger partial charge in [0.1, 0.15) is 0 Å². The first-order valence-corrected chi connectivity index (χ1v) is 4.63. The summed E-state index contributed by atoms with van der Waals surface area (Å²) in [7, 11) is 0. The van der Waals surface area contributed by atoms with Crippen LogP contribution in [0.15, 0.2) is 55.0 Å². The molecule has 15 heavy (non-hydrogen) atoms. The van der Waals surface area contributed by atoms with Gasteiger partial charge in [-0.3, -0.25) is 0 Å². The highest BCUT2D eigenvalue weighted by atomic mass is 14.9. The molecule has 1 aromatic carbocycles. The van der Waals surface area contributed by atoms with Gasteiger partial charge >= 0.3 is 0 Å². The predicted octanol–water partition coefficient (Wildman–Crippen LogP) is 2.94. The van der Waals surface area contributed by atoms with E-state index in [-0.39, 0.29) is 0 Å². The summed E-state index contributed by atoms with van der Waals surface area (Å²) in [6, 6.07) is 9.88. The second-order valence-electron chi connectivity index (χ2n) is 3.05. The molecule has 0 aliphatic carbocycles. The van der Waals surface area contributed by atoms with Gasteiger partial charge in [-0.1, -0.05) is 36.9 Å². The molecule has 2 nitrogen and oxygen atoms in total. The van der Waals surface area contributed by atoms with Crippen LogP contribution in [0, 0.1) is 0 Å². The highest BCUT2D eigenvalue weighted by Crippen LogP contribution is 2.13. The van der Waals surface area contributed by atoms with Crippen molar-refractivity contribution >= 4 is 6.08 Å². The molecule has 0 saturated carbocycles. The Bertz CT molecular complexity index is 480. The Morgan fingerprint density at radius 3 is 2.33 bits per heavy atom. The zero-order valence-corrected chi connectivity index (χ0v) is 8.22. The summed E-state index contributed by atoms with van der Waals surface area (Å²) in [5, 5.41) is 0. The Morgan fingerprint density at radius 1 is 1.07 bits per heavy atom. The van der Waals surface area contributed by atoms with Crippen LogP contribution >= 0.6 is 0 Å². The zero-order chi connectivity index (χ0) is 10.5. The third kappa shape index (κ3) is 2.19. The SMILES string of the molecule is C=C=Cc1cnc(-c2ccccc2)nc1. The first kappa shape index (κ1) is 9.38. The molecular formula is C13H10N2. The number of hydrogen-bond acceptors (Lipinski definition) is 2. The number of aromatic nitrogens is 2. The van der Waals surface area contributed by atoms with E-state index in [9.17, 15) is 0 Å². The van der Waals surface area contributed by atoms with Crippen LogP contribution in [0.3, 0.4) is 0 Å². The van der Waals surface area contributed by atoms with Gasteiger partial charge in [0.15, 0.2) is 5.82 Å². The van der Waals surface area contributed by atoms with Crippen LogP contribution in [0.25, 0.3) is 17.5 Å². The number of hydrogen-bond donors (Lipinski definition) is 0. The maximum atomic E-state index is 4.26. The Labute approximate surface area is 88.6 Å². The fourth-order valence-electron chi connectivity index (χ4n) is 1.27. The van der Waals surface area contributed by atoms with E-state index in [1.807, 2.05) is 30.3 Å². The quantitative estimate of drug-likeness (QED) is 0.687. The van der Waals surface area contributed by atoms with Crippen LogP contribution in [0.1, 0.15) is 5.56 Å². The Kier molecular flexibility index (Phi) is 2.72. The smallest absolute Gasteiger partial charge is 0.159 e. The molecule has 2 rings (SSSR count). The molecule has 0 unspecified atom stereocenters. The van der Waals surface area contributed by atoms with E-state index in [1.54, 1.807) is 18.5 Å². The summed E-state index contributed by atoms with van der Waals surface area (Å²) in [6.07, 6.45) is 5.26. The Balaban J connectivity index is 2.36. The standard InChI is InChI=1S/C13H10N2/c1-2-6-11-9-14-13(15-10-11)12-7-4-3-5-8-12/h3-10H,1H2. The first-order valence-electron chi connectivity index (χ1n) is 4.63. The molecule has 1 aromatic heterocycles. The molecule has 0 saturated heterocycles. The van der Waals surface area contributed by atoms with Crippen molar-refractivity contribution in [2.75, 3.05) is 0 Å². The van der Waals surface area contributed by atoms with Crippen molar-refractivity contribution in [2.24, 2.45) is 0 Å². The van der Waals surface area contributed by atoms with Gasteiger partial charge in [-0.2, -0.15) is 0 Å². The molecule has 72 valence electrons. The summed E-state index contributed by atoms with van der Waals surface area (Å²) in [5.41, 5.74) is 4.62. The fraction of sp³-hybridized carbons (Fsp3) is 0. The first-order chi connectivity index (χ1) is 7.40. The molecule has 0 aliphatic heterocycles. The topological polar surface area (TPSA) is 25.8 Å². The van der Waals surface area contributed by atoms with E-state index >= 15 is 0 Å². The van der Waals surface area contributed by atoms with E-state index in [4.69, 9.17) is 0 Å². The third-order valence-corrected chi connectivity index (χ3v) is 1.97. The second-order valence-corrected chi connectivity index (χ2v) is 3.05. The van der Waals surface area contributed by atoms with Gasteiger partial charge < -0.3 is 0 Å². The van der Waals surface area contributed by atoms with Gasteiger partial charge in [0.2, 0.25) is 0 Å². The summed E-state index contributed by atoms with van der Waals surface area (Å²) >= 11 is 0. The highest BCUT2D eigenvalue weighted by Gasteiger charge is 1.98. The normalized spacial score (nSPS) is 9.33. The zero-order valence-electron chi connectivity index (χ0n) is 8.22. The van der Waals surface area contributed by atoms with Gasteiger partial charge in [0.05, 0.1) is 0 Å². The van der Waals surface area contributed by atoms with Crippen molar-refractivity contribution in [3.63, 3.8) is 0 Å². The summed E-state index contributed by atoms with van der Waals surface area (Å²) < 4.78 is 0. The van der Waals surface area contributed by atoms with E-state index < -0.39 is 0 Å². The minimum atomic E-state index is 0.733. The van der Waals surface area contributed by atoms with Crippen molar-refractivity contribution in [3.8, 4) is 11.4 Å². The van der Waals surface area contributed by atoms with Gasteiger partial charge in [-0.25, -0.2) is 9.97 Å². The summed E-state index contributed by atoms with van der Waals surface area (Å²) in [4.78, 5) is 8.51. The highest BCUT2D eigenvalue weighted by molar-refractivity contribution is 5.55. The molecule has 0 spiro atoms. The van der Waals surface area contributed by atoms with Crippen LogP contribution in [-0.2, 0) is 0 Å². The predicted molar refractivity (Wildman–Crippen MR) is 61.1 cm³/mol. The molecule has 0 amide bonds. The lowest BCUT2D eigenvalue weighted by Crippen LogP contribution is -1.88. The Morgan fingerprint density at radius 2 is 1.73 bits per heavy atom. The molecule has 0 N–H and O–H groups in total. The summed E-state index contributed by atoms with van der Waals surface area (Å²) in [6.45, 7) is 3.50. The fourth-order valence-corrected chi connectivity index (χ4v) is 1.27. The van der Waals surface area contributed by atoms with Gasteiger partial charge in [-0.15, -0.1) is 5.73 Å². The van der Waals surface area contributed by atoms with Crippen molar-refractivity contribution in [3.05, 3.63) is 60.6 Å². The molecule has 2 aromatic rings. The molecule has 0 radical (unpaired) electrons. The lowest BCUT2D eigenvalue weighted by molar-refractivity contribution is 1.17. The van der Waals surface area contributed by atoms with E-state index in [0.717, 1.165) is 17.0 Å². The van der Waals surface area contributed by atoms with Gasteiger partial charge in [0, 0.05) is 23.5 Å². The van der Waals surface area contributed by atoms with Gasteiger partial charge in [0.25, 0.3) is 0 Å². The summed E-state index contributed by atoms with van der Waals surface area (Å²) in [5.74, 6) is 0.733. The van der Waals surface area contributed by atoms with Crippen LogP contribution < -0.4 is 0 Å². The van der Waals surface area contributed by atoms with Crippen molar-refractivity contribution in [1.82, 2.24) is 9.97 Å². The largest absolute Gasteiger partial charge is 0.236 e. The van der Waals surface area contributed by atoms with Crippen LogP contribution in [0.5, 0.6) is 0 Å². The minimum Gasteiger partial charge on any atom is -0.236 e. The van der Waals surface area contributed by atoms with Crippen LogP contribution in [-0.4, -0.2) is 9.97 Å². The minimum absolute atomic E-state index is 0.733. The lowest BCUT2D eigenvalue weighted by Gasteiger charge is -1.98. The van der Waals surface area contributed by atoms with Crippen LogP contribution in [0.4, 0.5) is 0 Å². The maximum Gasteiger partial charge on any atom is 0.159 e. The third-order valence-electron chi connectivity index (χ3n) is 1.97.